The van der Waals surface area contributed by atoms with Crippen LogP contribution in [-0.4, -0.2) is 35.8 Å². The van der Waals surface area contributed by atoms with Gasteiger partial charge in [-0.25, -0.2) is 0 Å². The highest BCUT2D eigenvalue weighted by molar-refractivity contribution is 7.99. The Morgan fingerprint density at radius 1 is 1.62 bits per heavy atom. The molecule has 2 N–H and O–H groups in total. The van der Waals surface area contributed by atoms with Crippen molar-refractivity contribution in [3.8, 4) is 0 Å². The molecule has 2 atom stereocenters. The van der Waals surface area contributed by atoms with E-state index in [0.717, 1.165) is 19.0 Å². The van der Waals surface area contributed by atoms with Gasteiger partial charge in [0.1, 0.15) is 0 Å². The maximum atomic E-state index is 8.82. The number of hydrogen-bond donors (Lipinski definition) is 2. The van der Waals surface area contributed by atoms with Crippen LogP contribution < -0.4 is 5.32 Å². The van der Waals surface area contributed by atoms with Crippen LogP contribution in [-0.2, 0) is 0 Å². The van der Waals surface area contributed by atoms with Gasteiger partial charge in [-0.15, -0.1) is 0 Å². The lowest BCUT2D eigenvalue weighted by molar-refractivity contribution is 0.227. The molecule has 2 unspecified atom stereocenters. The van der Waals surface area contributed by atoms with Crippen molar-refractivity contribution in [2.45, 2.75) is 32.2 Å². The quantitative estimate of drug-likeness (QED) is 0.642. The van der Waals surface area contributed by atoms with Gasteiger partial charge in [0.2, 0.25) is 0 Å². The fraction of sp³-hybridized carbons (Fsp3) is 1.00. The number of thioether (sulfide) groups is 1. The molecule has 0 aromatic rings. The van der Waals surface area contributed by atoms with Crippen LogP contribution in [0, 0.1) is 5.92 Å². The third-order valence-corrected chi connectivity index (χ3v) is 3.71. The van der Waals surface area contributed by atoms with Crippen molar-refractivity contribution in [2.75, 3.05) is 24.7 Å². The van der Waals surface area contributed by atoms with Crippen molar-refractivity contribution in [3.63, 3.8) is 0 Å². The first-order chi connectivity index (χ1) is 6.33. The molecule has 3 heteroatoms. The highest BCUT2D eigenvalue weighted by Gasteiger charge is 2.13. The molecule has 0 radical (unpaired) electrons. The molecule has 0 aromatic heterocycles. The van der Waals surface area contributed by atoms with Crippen LogP contribution >= 0.6 is 11.8 Å². The van der Waals surface area contributed by atoms with Crippen LogP contribution in [0.1, 0.15) is 26.2 Å². The second-order valence-electron chi connectivity index (χ2n) is 3.94. The van der Waals surface area contributed by atoms with E-state index in [2.05, 4.69) is 12.2 Å². The van der Waals surface area contributed by atoms with Crippen LogP contribution in [0.15, 0.2) is 0 Å². The van der Waals surface area contributed by atoms with Gasteiger partial charge < -0.3 is 10.4 Å². The second kappa shape index (κ2) is 6.68. The van der Waals surface area contributed by atoms with Crippen LogP contribution in [0.2, 0.25) is 0 Å². The molecular weight excluding hydrogens is 182 g/mol. The van der Waals surface area contributed by atoms with E-state index in [-0.39, 0.29) is 0 Å². The average molecular weight is 203 g/mol. The number of aliphatic hydroxyl groups excluding tert-OH is 1. The Labute approximate surface area is 85.5 Å². The summed E-state index contributed by atoms with van der Waals surface area (Å²) in [5.74, 6) is 3.08. The largest absolute Gasteiger partial charge is 0.396 e. The molecule has 1 aliphatic heterocycles. The van der Waals surface area contributed by atoms with E-state index >= 15 is 0 Å². The SMILES string of the molecule is CC(CO)CCCNC1CCSC1. The molecule has 0 aromatic carbocycles. The van der Waals surface area contributed by atoms with Gasteiger partial charge in [-0.3, -0.25) is 0 Å². The second-order valence-corrected chi connectivity index (χ2v) is 5.09. The summed E-state index contributed by atoms with van der Waals surface area (Å²) in [6.07, 6.45) is 3.67. The monoisotopic (exact) mass is 203 g/mol. The van der Waals surface area contributed by atoms with E-state index in [4.69, 9.17) is 5.11 Å². The van der Waals surface area contributed by atoms with E-state index in [1.165, 1.54) is 24.3 Å². The molecule has 1 heterocycles. The predicted octanol–water partition coefficient (Wildman–Crippen LogP) is 1.49. The first-order valence-electron chi connectivity index (χ1n) is 5.25. The molecule has 78 valence electrons. The summed E-state index contributed by atoms with van der Waals surface area (Å²) in [4.78, 5) is 0. The predicted molar refractivity (Wildman–Crippen MR) is 59.2 cm³/mol. The lowest BCUT2D eigenvalue weighted by Gasteiger charge is -2.12. The van der Waals surface area contributed by atoms with Crippen molar-refractivity contribution in [1.82, 2.24) is 5.32 Å². The maximum Gasteiger partial charge on any atom is 0.0456 e. The highest BCUT2D eigenvalue weighted by atomic mass is 32.2. The Balaban J connectivity index is 1.88. The molecule has 1 rings (SSSR count). The van der Waals surface area contributed by atoms with Crippen LogP contribution in [0.5, 0.6) is 0 Å². The summed E-state index contributed by atoms with van der Waals surface area (Å²) in [7, 11) is 0. The number of rotatable bonds is 6. The fourth-order valence-corrected chi connectivity index (χ4v) is 2.73. The normalized spacial score (nSPS) is 24.9. The third-order valence-electron chi connectivity index (χ3n) is 2.55. The summed E-state index contributed by atoms with van der Waals surface area (Å²) >= 11 is 2.05. The van der Waals surface area contributed by atoms with Crippen molar-refractivity contribution >= 4 is 11.8 Å². The van der Waals surface area contributed by atoms with Gasteiger partial charge in [-0.1, -0.05) is 6.92 Å². The van der Waals surface area contributed by atoms with Gasteiger partial charge in [0, 0.05) is 18.4 Å². The number of nitrogens with one attached hydrogen (secondary N) is 1. The maximum absolute atomic E-state index is 8.82. The molecule has 1 saturated heterocycles. The molecule has 0 spiro atoms. The van der Waals surface area contributed by atoms with Gasteiger partial charge in [0.15, 0.2) is 0 Å². The van der Waals surface area contributed by atoms with E-state index in [1.54, 1.807) is 0 Å². The zero-order chi connectivity index (χ0) is 9.52. The van der Waals surface area contributed by atoms with Gasteiger partial charge >= 0.3 is 0 Å². The van der Waals surface area contributed by atoms with Crippen LogP contribution in [0.25, 0.3) is 0 Å². The number of hydrogen-bond acceptors (Lipinski definition) is 3. The molecule has 0 aliphatic carbocycles. The zero-order valence-corrected chi connectivity index (χ0v) is 9.28. The fourth-order valence-electron chi connectivity index (χ4n) is 1.54. The first-order valence-corrected chi connectivity index (χ1v) is 6.40. The molecule has 1 aliphatic rings. The van der Waals surface area contributed by atoms with Crippen molar-refractivity contribution in [1.29, 1.82) is 0 Å². The van der Waals surface area contributed by atoms with Crippen molar-refractivity contribution in [2.24, 2.45) is 5.92 Å². The summed E-state index contributed by atoms with van der Waals surface area (Å²) in [6.45, 7) is 3.56. The van der Waals surface area contributed by atoms with Gasteiger partial charge in [0.05, 0.1) is 0 Å². The summed E-state index contributed by atoms with van der Waals surface area (Å²) in [5.41, 5.74) is 0. The topological polar surface area (TPSA) is 32.3 Å². The molecule has 0 saturated carbocycles. The lowest BCUT2D eigenvalue weighted by atomic mass is 10.1. The summed E-state index contributed by atoms with van der Waals surface area (Å²) in [5, 5.41) is 12.4. The highest BCUT2D eigenvalue weighted by Crippen LogP contribution is 2.16. The van der Waals surface area contributed by atoms with Crippen LogP contribution in [0.3, 0.4) is 0 Å². The van der Waals surface area contributed by atoms with Gasteiger partial charge in [-0.2, -0.15) is 11.8 Å². The average Bonchev–Trinajstić information content (AvgIpc) is 2.64. The Morgan fingerprint density at radius 3 is 3.08 bits per heavy atom. The zero-order valence-electron chi connectivity index (χ0n) is 8.46. The Kier molecular flexibility index (Phi) is 5.83. The lowest BCUT2D eigenvalue weighted by Crippen LogP contribution is -2.29. The summed E-state index contributed by atoms with van der Waals surface area (Å²) in [6, 6.07) is 0.759. The Morgan fingerprint density at radius 2 is 2.46 bits per heavy atom. The molecule has 13 heavy (non-hydrogen) atoms. The van der Waals surface area contributed by atoms with E-state index in [0.29, 0.717) is 12.5 Å². The summed E-state index contributed by atoms with van der Waals surface area (Å²) < 4.78 is 0. The standard InChI is InChI=1S/C10H21NOS/c1-9(7-12)3-2-5-11-10-4-6-13-8-10/h9-12H,2-8H2,1H3. The molecule has 0 amide bonds. The number of aliphatic hydroxyl groups is 1. The minimum Gasteiger partial charge on any atom is -0.396 e. The minimum absolute atomic E-state index is 0.333. The van der Waals surface area contributed by atoms with Crippen molar-refractivity contribution < 1.29 is 5.11 Å². The molecule has 2 nitrogen and oxygen atoms in total. The van der Waals surface area contributed by atoms with Gasteiger partial charge in [-0.05, 0) is 37.5 Å². The molecular formula is C10H21NOS. The minimum atomic E-state index is 0.333. The Bertz CT molecular complexity index is 126. The molecule has 0 bridgehead atoms. The molecule has 1 fully saturated rings. The smallest absolute Gasteiger partial charge is 0.0456 e. The van der Waals surface area contributed by atoms with Crippen molar-refractivity contribution in [3.05, 3.63) is 0 Å². The first kappa shape index (κ1) is 11.3. The van der Waals surface area contributed by atoms with E-state index in [9.17, 15) is 0 Å². The van der Waals surface area contributed by atoms with Gasteiger partial charge in [0.25, 0.3) is 0 Å². The van der Waals surface area contributed by atoms with Crippen LogP contribution in [0.4, 0.5) is 0 Å². The van der Waals surface area contributed by atoms with E-state index in [1.807, 2.05) is 11.8 Å². The Hall–Kier alpha value is 0.270. The van der Waals surface area contributed by atoms with E-state index < -0.39 is 0 Å². The third kappa shape index (κ3) is 4.89.